The van der Waals surface area contributed by atoms with Crippen LogP contribution in [-0.4, -0.2) is 34.8 Å². The topological polar surface area (TPSA) is 69.0 Å². The molecule has 0 bridgehead atoms. The quantitative estimate of drug-likeness (QED) is 0.630. The summed E-state index contributed by atoms with van der Waals surface area (Å²) in [4.78, 5) is 21.6. The van der Waals surface area contributed by atoms with E-state index in [1.165, 1.54) is 0 Å². The fourth-order valence-corrected chi connectivity index (χ4v) is 2.44. The van der Waals surface area contributed by atoms with Gasteiger partial charge >= 0.3 is 0 Å². The third kappa shape index (κ3) is 3.36. The highest BCUT2D eigenvalue weighted by Gasteiger charge is 2.12. The fraction of sp³-hybridized carbons (Fsp3) is 0.500. The number of hydrogen-bond donors (Lipinski definition) is 2. The second-order valence-electron chi connectivity index (χ2n) is 4.73. The third-order valence-corrected chi connectivity index (χ3v) is 3.50. The van der Waals surface area contributed by atoms with Gasteiger partial charge in [0.25, 0.3) is 5.56 Å². The molecule has 0 radical (unpaired) electrons. The lowest BCUT2D eigenvalue weighted by molar-refractivity contribution is 0.190. The Kier molecular flexibility index (Phi) is 5.19. The van der Waals surface area contributed by atoms with E-state index in [-0.39, 0.29) is 5.56 Å². The van der Waals surface area contributed by atoms with Gasteiger partial charge in [-0.3, -0.25) is 9.36 Å². The van der Waals surface area contributed by atoms with Crippen LogP contribution >= 0.6 is 12.6 Å². The summed E-state index contributed by atoms with van der Waals surface area (Å²) in [6.07, 6.45) is 0.738. The van der Waals surface area contributed by atoms with E-state index in [4.69, 9.17) is 4.74 Å². The highest BCUT2D eigenvalue weighted by Crippen LogP contribution is 2.18. The van der Waals surface area contributed by atoms with Crippen molar-refractivity contribution in [3.8, 4) is 0 Å². The number of nitrogens with zero attached hydrogens (tertiary/aromatic N) is 3. The minimum atomic E-state index is -0.137. The van der Waals surface area contributed by atoms with Crippen molar-refractivity contribution in [3.63, 3.8) is 0 Å². The van der Waals surface area contributed by atoms with Crippen LogP contribution < -0.4 is 10.9 Å². The molecular formula is C14H20N4O2S. The number of methoxy groups -OCH3 is 1. The second kappa shape index (κ2) is 6.91. The molecule has 0 aliphatic rings. The van der Waals surface area contributed by atoms with Gasteiger partial charge in [-0.25, -0.2) is 4.98 Å². The number of hydrogen-bond acceptors (Lipinski definition) is 6. The van der Waals surface area contributed by atoms with Crippen LogP contribution in [0, 0.1) is 6.92 Å². The summed E-state index contributed by atoms with van der Waals surface area (Å²) < 4.78 is 6.70. The number of nitrogens with one attached hydrogen (secondary N) is 1. The summed E-state index contributed by atoms with van der Waals surface area (Å²) in [6.45, 7) is 5.74. The Labute approximate surface area is 129 Å². The Bertz CT molecular complexity index is 699. The van der Waals surface area contributed by atoms with Crippen LogP contribution in [0.25, 0.3) is 11.0 Å². The fourth-order valence-electron chi connectivity index (χ4n) is 2.19. The predicted molar refractivity (Wildman–Crippen MR) is 86.4 cm³/mol. The van der Waals surface area contributed by atoms with Crippen LogP contribution in [0.1, 0.15) is 19.0 Å². The number of aryl methyl sites for hydroxylation is 2. The zero-order valence-corrected chi connectivity index (χ0v) is 13.4. The number of anilines is 1. The molecule has 1 N–H and O–H groups in total. The van der Waals surface area contributed by atoms with Crippen LogP contribution in [0.5, 0.6) is 0 Å². The number of ether oxygens (including phenoxy) is 1. The van der Waals surface area contributed by atoms with Gasteiger partial charge in [-0.1, -0.05) is 0 Å². The first-order chi connectivity index (χ1) is 10.1. The lowest BCUT2D eigenvalue weighted by Gasteiger charge is -2.13. The zero-order valence-electron chi connectivity index (χ0n) is 12.5. The maximum Gasteiger partial charge on any atom is 0.265 e. The summed E-state index contributed by atoms with van der Waals surface area (Å²) in [7, 11) is 1.64. The maximum atomic E-state index is 12.3. The van der Waals surface area contributed by atoms with E-state index in [2.05, 4.69) is 27.9 Å². The standard InChI is InChI=1S/C14H20N4O2S/c1-4-15-14-16-9(2)10-8-11(21)13(19)18(12(10)17-14)6-5-7-20-3/h8,21H,4-7H2,1-3H3,(H,15,16,17). The predicted octanol–water partition coefficient (Wildman–Crippen LogP) is 1.86. The van der Waals surface area contributed by atoms with Gasteiger partial charge in [-0.05, 0) is 26.3 Å². The average Bonchev–Trinajstić information content (AvgIpc) is 2.45. The van der Waals surface area contributed by atoms with Crippen LogP contribution in [0.3, 0.4) is 0 Å². The summed E-state index contributed by atoms with van der Waals surface area (Å²) in [5.41, 5.74) is 1.33. The number of aromatic nitrogens is 3. The van der Waals surface area contributed by atoms with Crippen molar-refractivity contribution in [3.05, 3.63) is 22.1 Å². The van der Waals surface area contributed by atoms with Crippen molar-refractivity contribution in [2.75, 3.05) is 25.6 Å². The molecule has 0 saturated heterocycles. The zero-order chi connectivity index (χ0) is 15.4. The van der Waals surface area contributed by atoms with Crippen LogP contribution in [-0.2, 0) is 11.3 Å². The molecule has 21 heavy (non-hydrogen) atoms. The SMILES string of the molecule is CCNc1nc(C)c2cc(S)c(=O)n(CCCOC)c2n1. The van der Waals surface area contributed by atoms with Gasteiger partial charge in [0.05, 0.1) is 10.6 Å². The van der Waals surface area contributed by atoms with Gasteiger partial charge in [0, 0.05) is 32.2 Å². The Balaban J connectivity index is 2.61. The van der Waals surface area contributed by atoms with Crippen LogP contribution in [0.4, 0.5) is 5.95 Å². The molecule has 114 valence electrons. The van der Waals surface area contributed by atoms with Crippen molar-refractivity contribution < 1.29 is 4.74 Å². The van der Waals surface area contributed by atoms with Crippen molar-refractivity contribution >= 4 is 29.6 Å². The molecule has 0 atom stereocenters. The number of thiol groups is 1. The molecule has 7 heteroatoms. The molecule has 2 aromatic rings. The molecule has 0 fully saturated rings. The molecule has 0 amide bonds. The minimum absolute atomic E-state index is 0.137. The van der Waals surface area contributed by atoms with Gasteiger partial charge in [0.2, 0.25) is 5.95 Å². The van der Waals surface area contributed by atoms with E-state index >= 15 is 0 Å². The van der Waals surface area contributed by atoms with E-state index in [9.17, 15) is 4.79 Å². The molecule has 2 heterocycles. The first-order valence-electron chi connectivity index (χ1n) is 6.92. The number of rotatable bonds is 6. The van der Waals surface area contributed by atoms with E-state index in [0.29, 0.717) is 29.6 Å². The first kappa shape index (κ1) is 15.8. The Morgan fingerprint density at radius 2 is 2.19 bits per heavy atom. The minimum Gasteiger partial charge on any atom is -0.385 e. The van der Waals surface area contributed by atoms with Crippen molar-refractivity contribution in [1.29, 1.82) is 0 Å². The van der Waals surface area contributed by atoms with Gasteiger partial charge in [-0.2, -0.15) is 4.98 Å². The third-order valence-electron chi connectivity index (χ3n) is 3.18. The summed E-state index contributed by atoms with van der Waals surface area (Å²) >= 11 is 4.27. The second-order valence-corrected chi connectivity index (χ2v) is 5.21. The highest BCUT2D eigenvalue weighted by molar-refractivity contribution is 7.80. The Morgan fingerprint density at radius 1 is 1.43 bits per heavy atom. The van der Waals surface area contributed by atoms with Gasteiger partial charge in [0.15, 0.2) is 0 Å². The summed E-state index contributed by atoms with van der Waals surface area (Å²) in [6, 6.07) is 1.73. The monoisotopic (exact) mass is 308 g/mol. The molecule has 2 aromatic heterocycles. The van der Waals surface area contributed by atoms with Crippen molar-refractivity contribution in [2.45, 2.75) is 31.7 Å². The highest BCUT2D eigenvalue weighted by atomic mass is 32.1. The van der Waals surface area contributed by atoms with Crippen molar-refractivity contribution in [2.24, 2.45) is 0 Å². The lowest BCUT2D eigenvalue weighted by Crippen LogP contribution is -2.23. The smallest absolute Gasteiger partial charge is 0.265 e. The van der Waals surface area contributed by atoms with Crippen molar-refractivity contribution in [1.82, 2.24) is 14.5 Å². The number of fused-ring (bicyclic) bond motifs is 1. The molecular weight excluding hydrogens is 288 g/mol. The molecule has 2 rings (SSSR count). The summed E-state index contributed by atoms with van der Waals surface area (Å²) in [5, 5.41) is 3.93. The van der Waals surface area contributed by atoms with E-state index in [1.54, 1.807) is 17.7 Å². The normalized spacial score (nSPS) is 11.0. The molecule has 0 saturated carbocycles. The molecule has 0 spiro atoms. The molecule has 0 aromatic carbocycles. The summed E-state index contributed by atoms with van der Waals surface area (Å²) in [5.74, 6) is 0.536. The van der Waals surface area contributed by atoms with Crippen LogP contribution in [0.2, 0.25) is 0 Å². The van der Waals surface area contributed by atoms with E-state index < -0.39 is 0 Å². The Hall–Kier alpha value is -1.60. The molecule has 0 aliphatic heterocycles. The molecule has 0 unspecified atom stereocenters. The van der Waals surface area contributed by atoms with Gasteiger partial charge < -0.3 is 10.1 Å². The Morgan fingerprint density at radius 3 is 2.86 bits per heavy atom. The number of pyridine rings is 1. The molecule has 0 aliphatic carbocycles. The van der Waals surface area contributed by atoms with E-state index in [0.717, 1.165) is 24.0 Å². The lowest BCUT2D eigenvalue weighted by atomic mass is 10.2. The average molecular weight is 308 g/mol. The van der Waals surface area contributed by atoms with Crippen LogP contribution in [0.15, 0.2) is 15.8 Å². The largest absolute Gasteiger partial charge is 0.385 e. The maximum absolute atomic E-state index is 12.3. The van der Waals surface area contributed by atoms with E-state index in [1.807, 2.05) is 13.8 Å². The van der Waals surface area contributed by atoms with Gasteiger partial charge in [0.1, 0.15) is 5.65 Å². The first-order valence-corrected chi connectivity index (χ1v) is 7.37. The van der Waals surface area contributed by atoms with Gasteiger partial charge in [-0.15, -0.1) is 12.6 Å². The molecule has 6 nitrogen and oxygen atoms in total.